The predicted molar refractivity (Wildman–Crippen MR) is 92.1 cm³/mol. The number of aryl methyl sites for hydroxylation is 2. The van der Waals surface area contributed by atoms with Crippen molar-refractivity contribution < 1.29 is 14.4 Å². The van der Waals surface area contributed by atoms with Crippen LogP contribution in [0.5, 0.6) is 0 Å². The number of aromatic nitrogens is 2. The molecule has 0 bridgehead atoms. The van der Waals surface area contributed by atoms with Gasteiger partial charge in [0.25, 0.3) is 11.8 Å². The molecule has 2 rings (SSSR count). The molecule has 4 N–H and O–H groups in total. The third kappa shape index (κ3) is 4.57. The number of carbonyl (C=O) groups excluding carboxylic acids is 3. The van der Waals surface area contributed by atoms with Crippen LogP contribution in [0.3, 0.4) is 0 Å². The normalized spacial score (nSPS) is 10.4. The second-order valence-corrected chi connectivity index (χ2v) is 5.76. The molecule has 0 aliphatic rings. The smallest absolute Gasteiger partial charge is 0.256 e. The zero-order chi connectivity index (χ0) is 18.6. The summed E-state index contributed by atoms with van der Waals surface area (Å²) in [5, 5.41) is 9.53. The van der Waals surface area contributed by atoms with Crippen molar-refractivity contribution in [2.24, 2.45) is 12.8 Å². The van der Waals surface area contributed by atoms with Gasteiger partial charge in [-0.15, -0.1) is 0 Å². The summed E-state index contributed by atoms with van der Waals surface area (Å²) in [5.74, 6) is -1.33. The molecule has 132 valence electrons. The molecule has 1 aromatic carbocycles. The van der Waals surface area contributed by atoms with Gasteiger partial charge in [-0.1, -0.05) is 23.7 Å². The summed E-state index contributed by atoms with van der Waals surface area (Å²) in [6, 6.07) is 6.61. The maximum absolute atomic E-state index is 12.2. The Morgan fingerprint density at radius 3 is 2.32 bits per heavy atom. The zero-order valence-corrected chi connectivity index (χ0v) is 14.6. The molecule has 9 heteroatoms. The summed E-state index contributed by atoms with van der Waals surface area (Å²) in [7, 11) is 1.66. The van der Waals surface area contributed by atoms with Crippen molar-refractivity contribution in [3.63, 3.8) is 0 Å². The molecule has 1 aromatic heterocycles. The van der Waals surface area contributed by atoms with E-state index in [9.17, 15) is 14.4 Å². The lowest BCUT2D eigenvalue weighted by molar-refractivity contribution is -0.117. The number of nitrogens with zero attached hydrogens (tertiary/aromatic N) is 2. The Bertz CT molecular complexity index is 814. The number of hydrogen-bond acceptors (Lipinski definition) is 4. The second-order valence-electron chi connectivity index (χ2n) is 5.40. The highest BCUT2D eigenvalue weighted by Gasteiger charge is 2.18. The van der Waals surface area contributed by atoms with Crippen LogP contribution < -0.4 is 16.4 Å². The molecule has 1 heterocycles. The van der Waals surface area contributed by atoms with Gasteiger partial charge in [-0.2, -0.15) is 5.10 Å². The van der Waals surface area contributed by atoms with E-state index in [2.05, 4.69) is 15.7 Å². The van der Waals surface area contributed by atoms with Gasteiger partial charge in [-0.05, 0) is 24.6 Å². The minimum atomic E-state index is -0.614. The van der Waals surface area contributed by atoms with E-state index in [0.29, 0.717) is 16.8 Å². The first-order valence-corrected chi connectivity index (χ1v) is 7.80. The first-order chi connectivity index (χ1) is 11.8. The maximum Gasteiger partial charge on any atom is 0.256 e. The van der Waals surface area contributed by atoms with Gasteiger partial charge in [0.15, 0.2) is 0 Å². The summed E-state index contributed by atoms with van der Waals surface area (Å²) < 4.78 is 1.44. The Balaban J connectivity index is 1.96. The lowest BCUT2D eigenvalue weighted by atomic mass is 10.1. The largest absolute Gasteiger partial charge is 0.368 e. The SMILES string of the molecule is Cc1nn(C)c(Cl)c1C(=O)NCc1ccc(C(=O)NCC(N)=O)cc1. The molecule has 3 amide bonds. The van der Waals surface area contributed by atoms with Crippen molar-refractivity contribution in [3.05, 3.63) is 51.8 Å². The number of primary amides is 1. The van der Waals surface area contributed by atoms with Crippen LogP contribution in [0.1, 0.15) is 32.0 Å². The molecule has 0 aliphatic carbocycles. The predicted octanol–water partition coefficient (Wildman–Crippen LogP) is 0.527. The molecule has 0 radical (unpaired) electrons. The number of carbonyl (C=O) groups is 3. The summed E-state index contributed by atoms with van der Waals surface area (Å²) in [5.41, 5.74) is 7.05. The van der Waals surface area contributed by atoms with Crippen molar-refractivity contribution in [2.45, 2.75) is 13.5 Å². The fourth-order valence-corrected chi connectivity index (χ4v) is 2.46. The van der Waals surface area contributed by atoms with Crippen LogP contribution in [0, 0.1) is 6.92 Å². The van der Waals surface area contributed by atoms with E-state index in [-0.39, 0.29) is 24.1 Å². The monoisotopic (exact) mass is 363 g/mol. The van der Waals surface area contributed by atoms with Gasteiger partial charge in [0.1, 0.15) is 5.15 Å². The molecule has 0 fully saturated rings. The Morgan fingerprint density at radius 2 is 1.80 bits per heavy atom. The number of benzene rings is 1. The number of amides is 3. The zero-order valence-electron chi connectivity index (χ0n) is 13.8. The number of rotatable bonds is 6. The van der Waals surface area contributed by atoms with Crippen LogP contribution >= 0.6 is 11.6 Å². The van der Waals surface area contributed by atoms with Gasteiger partial charge in [0.05, 0.1) is 17.8 Å². The summed E-state index contributed by atoms with van der Waals surface area (Å²) in [6.07, 6.45) is 0. The second kappa shape index (κ2) is 7.80. The van der Waals surface area contributed by atoms with Crippen molar-refractivity contribution in [2.75, 3.05) is 6.54 Å². The molecular formula is C16H18ClN5O3. The lowest BCUT2D eigenvalue weighted by Crippen LogP contribution is -2.33. The summed E-state index contributed by atoms with van der Waals surface area (Å²) in [6.45, 7) is 1.76. The highest BCUT2D eigenvalue weighted by atomic mass is 35.5. The van der Waals surface area contributed by atoms with Crippen molar-refractivity contribution in [3.8, 4) is 0 Å². The third-order valence-electron chi connectivity index (χ3n) is 3.47. The Hall–Kier alpha value is -2.87. The average Bonchev–Trinajstić information content (AvgIpc) is 2.83. The molecule has 2 aromatic rings. The third-order valence-corrected chi connectivity index (χ3v) is 3.91. The molecule has 0 aliphatic heterocycles. The first kappa shape index (κ1) is 18.5. The Labute approximate surface area is 149 Å². The molecule has 0 spiro atoms. The molecular weight excluding hydrogens is 346 g/mol. The minimum absolute atomic E-state index is 0.220. The van der Waals surface area contributed by atoms with Crippen LogP contribution in [-0.2, 0) is 18.4 Å². The molecule has 25 heavy (non-hydrogen) atoms. The fraction of sp³-hybridized carbons (Fsp3) is 0.250. The van der Waals surface area contributed by atoms with Gasteiger partial charge in [0.2, 0.25) is 5.91 Å². The highest BCUT2D eigenvalue weighted by molar-refractivity contribution is 6.33. The number of hydrogen-bond donors (Lipinski definition) is 3. The van der Waals surface area contributed by atoms with E-state index < -0.39 is 11.8 Å². The molecule has 8 nitrogen and oxygen atoms in total. The maximum atomic E-state index is 12.2. The quantitative estimate of drug-likeness (QED) is 0.693. The van der Waals surface area contributed by atoms with Gasteiger partial charge < -0.3 is 16.4 Å². The molecule has 0 saturated carbocycles. The van der Waals surface area contributed by atoms with Gasteiger partial charge in [-0.25, -0.2) is 0 Å². The van der Waals surface area contributed by atoms with Crippen LogP contribution in [0.4, 0.5) is 0 Å². The number of nitrogens with one attached hydrogen (secondary N) is 2. The highest BCUT2D eigenvalue weighted by Crippen LogP contribution is 2.18. The van der Waals surface area contributed by atoms with E-state index in [1.807, 2.05) is 0 Å². The minimum Gasteiger partial charge on any atom is -0.368 e. The van der Waals surface area contributed by atoms with E-state index in [4.69, 9.17) is 17.3 Å². The van der Waals surface area contributed by atoms with Crippen LogP contribution in [0.25, 0.3) is 0 Å². The van der Waals surface area contributed by atoms with Crippen LogP contribution in [-0.4, -0.2) is 34.0 Å². The molecule has 0 atom stereocenters. The van der Waals surface area contributed by atoms with Gasteiger partial charge >= 0.3 is 0 Å². The molecule has 0 saturated heterocycles. The van der Waals surface area contributed by atoms with Crippen molar-refractivity contribution in [1.29, 1.82) is 0 Å². The van der Waals surface area contributed by atoms with E-state index >= 15 is 0 Å². The van der Waals surface area contributed by atoms with E-state index in [1.165, 1.54) is 4.68 Å². The summed E-state index contributed by atoms with van der Waals surface area (Å²) >= 11 is 6.06. The Morgan fingerprint density at radius 1 is 1.16 bits per heavy atom. The van der Waals surface area contributed by atoms with Crippen LogP contribution in [0.15, 0.2) is 24.3 Å². The van der Waals surface area contributed by atoms with Crippen molar-refractivity contribution >= 4 is 29.3 Å². The van der Waals surface area contributed by atoms with Gasteiger partial charge in [-0.3, -0.25) is 19.1 Å². The lowest BCUT2D eigenvalue weighted by Gasteiger charge is -2.07. The van der Waals surface area contributed by atoms with E-state index in [1.54, 1.807) is 38.2 Å². The topological polar surface area (TPSA) is 119 Å². The standard InChI is InChI=1S/C16H18ClN5O3/c1-9-13(14(17)22(2)21-9)16(25)19-7-10-3-5-11(6-4-10)15(24)20-8-12(18)23/h3-6H,7-8H2,1-2H3,(H2,18,23)(H,19,25)(H,20,24). The van der Waals surface area contributed by atoms with Crippen LogP contribution in [0.2, 0.25) is 5.15 Å². The van der Waals surface area contributed by atoms with Gasteiger partial charge in [0, 0.05) is 19.2 Å². The fourth-order valence-electron chi connectivity index (χ4n) is 2.20. The number of nitrogens with two attached hydrogens (primary N) is 1. The summed E-state index contributed by atoms with van der Waals surface area (Å²) in [4.78, 5) is 34.7. The van der Waals surface area contributed by atoms with Crippen molar-refractivity contribution in [1.82, 2.24) is 20.4 Å². The Kier molecular flexibility index (Phi) is 5.76. The van der Waals surface area contributed by atoms with E-state index in [0.717, 1.165) is 5.56 Å². The molecule has 0 unspecified atom stereocenters. The average molecular weight is 364 g/mol. The first-order valence-electron chi connectivity index (χ1n) is 7.42. The number of halogens is 1.